The number of hydrogen-bond acceptors (Lipinski definition) is 4. The van der Waals surface area contributed by atoms with E-state index >= 15 is 0 Å². The molecule has 0 saturated carbocycles. The van der Waals surface area contributed by atoms with Crippen molar-refractivity contribution in [2.45, 2.75) is 18.6 Å². The van der Waals surface area contributed by atoms with Crippen molar-refractivity contribution in [1.29, 1.82) is 0 Å². The fourth-order valence-corrected chi connectivity index (χ4v) is 2.03. The van der Waals surface area contributed by atoms with Crippen LogP contribution in [-0.2, 0) is 14.3 Å². The highest BCUT2D eigenvalue weighted by atomic mass is 16.5. The summed E-state index contributed by atoms with van der Waals surface area (Å²) < 4.78 is 5.46. The molecule has 0 aromatic heterocycles. The first-order valence-corrected chi connectivity index (χ1v) is 6.85. The molecule has 3 N–H and O–H groups in total. The summed E-state index contributed by atoms with van der Waals surface area (Å²) in [6.45, 7) is 0. The normalized spacial score (nSPS) is 11.9. The van der Waals surface area contributed by atoms with E-state index < -0.39 is 24.1 Å². The molecule has 0 saturated heterocycles. The first-order valence-electron chi connectivity index (χ1n) is 6.85. The first kappa shape index (κ1) is 15.7. The van der Waals surface area contributed by atoms with Crippen LogP contribution in [0, 0.1) is 0 Å². The molecule has 0 amide bonds. The fourth-order valence-electron chi connectivity index (χ4n) is 2.03. The number of esters is 1. The Kier molecular flexibility index (Phi) is 5.27. The molecule has 0 heterocycles. The van der Waals surface area contributed by atoms with Gasteiger partial charge in [0, 0.05) is 0 Å². The van der Waals surface area contributed by atoms with Gasteiger partial charge in [-0.25, -0.2) is 0 Å². The van der Waals surface area contributed by atoms with Crippen molar-refractivity contribution in [2.24, 2.45) is 5.73 Å². The molecule has 5 heteroatoms. The van der Waals surface area contributed by atoms with Crippen LogP contribution in [0.1, 0.15) is 23.7 Å². The van der Waals surface area contributed by atoms with Crippen LogP contribution in [0.15, 0.2) is 60.7 Å². The van der Waals surface area contributed by atoms with E-state index in [2.05, 4.69) is 0 Å². The highest BCUT2D eigenvalue weighted by Gasteiger charge is 2.22. The molecule has 0 bridgehead atoms. The molecule has 0 aliphatic carbocycles. The summed E-state index contributed by atoms with van der Waals surface area (Å²) in [5.74, 6) is -1.87. The molecule has 0 radical (unpaired) electrons. The van der Waals surface area contributed by atoms with E-state index in [9.17, 15) is 9.59 Å². The largest absolute Gasteiger partial charge is 0.480 e. The SMILES string of the molecule is N[C@@H](CC(=O)OC(c1ccccc1)c1ccccc1)C(=O)O. The van der Waals surface area contributed by atoms with Gasteiger partial charge in [-0.1, -0.05) is 60.7 Å². The third kappa shape index (κ3) is 4.17. The topological polar surface area (TPSA) is 89.6 Å². The minimum Gasteiger partial charge on any atom is -0.480 e. The van der Waals surface area contributed by atoms with Gasteiger partial charge < -0.3 is 15.6 Å². The molecular formula is C17H17NO4. The van der Waals surface area contributed by atoms with Crippen LogP contribution in [0.25, 0.3) is 0 Å². The maximum atomic E-state index is 11.9. The van der Waals surface area contributed by atoms with Gasteiger partial charge in [0.1, 0.15) is 6.04 Å². The van der Waals surface area contributed by atoms with Crippen molar-refractivity contribution in [3.8, 4) is 0 Å². The third-order valence-corrected chi connectivity index (χ3v) is 3.16. The molecule has 0 unspecified atom stereocenters. The van der Waals surface area contributed by atoms with E-state index in [0.29, 0.717) is 0 Å². The van der Waals surface area contributed by atoms with Crippen LogP contribution in [-0.4, -0.2) is 23.1 Å². The van der Waals surface area contributed by atoms with Gasteiger partial charge in [-0.05, 0) is 11.1 Å². The fraction of sp³-hybridized carbons (Fsp3) is 0.176. The minimum absolute atomic E-state index is 0.370. The van der Waals surface area contributed by atoms with Gasteiger partial charge in [0.05, 0.1) is 6.42 Å². The highest BCUT2D eigenvalue weighted by molar-refractivity contribution is 5.81. The molecule has 0 fully saturated rings. The molecule has 0 spiro atoms. The summed E-state index contributed by atoms with van der Waals surface area (Å²) in [7, 11) is 0. The Morgan fingerprint density at radius 3 is 1.82 bits per heavy atom. The van der Waals surface area contributed by atoms with Gasteiger partial charge in [-0.15, -0.1) is 0 Å². The summed E-state index contributed by atoms with van der Waals surface area (Å²) in [5.41, 5.74) is 6.99. The highest BCUT2D eigenvalue weighted by Crippen LogP contribution is 2.26. The molecule has 1 atom stereocenters. The van der Waals surface area contributed by atoms with E-state index in [1.807, 2.05) is 60.7 Å². The van der Waals surface area contributed by atoms with Gasteiger partial charge in [0.25, 0.3) is 0 Å². The molecule has 2 aromatic carbocycles. The van der Waals surface area contributed by atoms with Crippen molar-refractivity contribution in [3.05, 3.63) is 71.8 Å². The summed E-state index contributed by atoms with van der Waals surface area (Å²) >= 11 is 0. The van der Waals surface area contributed by atoms with Crippen molar-refractivity contribution in [2.75, 3.05) is 0 Å². The Morgan fingerprint density at radius 2 is 1.41 bits per heavy atom. The van der Waals surface area contributed by atoms with E-state index in [1.165, 1.54) is 0 Å². The molecule has 0 aliphatic rings. The van der Waals surface area contributed by atoms with Crippen LogP contribution in [0.5, 0.6) is 0 Å². The van der Waals surface area contributed by atoms with E-state index in [-0.39, 0.29) is 6.42 Å². The lowest BCUT2D eigenvalue weighted by Crippen LogP contribution is -2.33. The second-order valence-electron chi connectivity index (χ2n) is 4.84. The average Bonchev–Trinajstić information content (AvgIpc) is 2.54. The Labute approximate surface area is 128 Å². The standard InChI is InChI=1S/C17H17NO4/c18-14(17(20)21)11-15(19)22-16(12-7-3-1-4-8-12)13-9-5-2-6-10-13/h1-10,14,16H,11,18H2,(H,20,21)/t14-/m0/s1. The number of carboxylic acid groups (broad SMARTS) is 1. The Balaban J connectivity index is 2.19. The quantitative estimate of drug-likeness (QED) is 0.797. The number of rotatable bonds is 6. The van der Waals surface area contributed by atoms with Crippen LogP contribution in [0.4, 0.5) is 0 Å². The summed E-state index contributed by atoms with van der Waals surface area (Å²) in [5, 5.41) is 8.77. The van der Waals surface area contributed by atoms with Gasteiger partial charge in [0.2, 0.25) is 0 Å². The van der Waals surface area contributed by atoms with Crippen molar-refractivity contribution >= 4 is 11.9 Å². The minimum atomic E-state index is -1.26. The predicted molar refractivity (Wildman–Crippen MR) is 81.0 cm³/mol. The lowest BCUT2D eigenvalue weighted by Gasteiger charge is -2.19. The Morgan fingerprint density at radius 1 is 0.955 bits per heavy atom. The number of aliphatic carboxylic acids is 1. The van der Waals surface area contributed by atoms with Crippen LogP contribution < -0.4 is 5.73 Å². The Hall–Kier alpha value is -2.66. The molecule has 5 nitrogen and oxygen atoms in total. The maximum Gasteiger partial charge on any atom is 0.321 e. The van der Waals surface area contributed by atoms with Gasteiger partial charge in [-0.3, -0.25) is 9.59 Å². The van der Waals surface area contributed by atoms with Crippen molar-refractivity contribution < 1.29 is 19.4 Å². The number of carbonyl (C=O) groups excluding carboxylic acids is 1. The predicted octanol–water partition coefficient (Wildman–Crippen LogP) is 2.12. The van der Waals surface area contributed by atoms with Crippen LogP contribution in [0.2, 0.25) is 0 Å². The summed E-state index contributed by atoms with van der Waals surface area (Å²) in [4.78, 5) is 22.7. The van der Waals surface area contributed by atoms with E-state index in [0.717, 1.165) is 11.1 Å². The number of ether oxygens (including phenoxy) is 1. The monoisotopic (exact) mass is 299 g/mol. The number of benzene rings is 2. The molecule has 0 aliphatic heterocycles. The van der Waals surface area contributed by atoms with Crippen molar-refractivity contribution in [3.63, 3.8) is 0 Å². The van der Waals surface area contributed by atoms with Gasteiger partial charge >= 0.3 is 11.9 Å². The molecular weight excluding hydrogens is 282 g/mol. The second kappa shape index (κ2) is 7.38. The number of nitrogens with two attached hydrogens (primary N) is 1. The third-order valence-electron chi connectivity index (χ3n) is 3.16. The van der Waals surface area contributed by atoms with Crippen molar-refractivity contribution in [1.82, 2.24) is 0 Å². The molecule has 2 rings (SSSR count). The maximum absolute atomic E-state index is 11.9. The zero-order valence-corrected chi connectivity index (χ0v) is 11.9. The molecule has 114 valence electrons. The van der Waals surface area contributed by atoms with Crippen LogP contribution in [0.3, 0.4) is 0 Å². The van der Waals surface area contributed by atoms with E-state index in [1.54, 1.807) is 0 Å². The molecule has 2 aromatic rings. The number of carboxylic acids is 1. The zero-order valence-electron chi connectivity index (χ0n) is 11.9. The number of carbonyl (C=O) groups is 2. The lowest BCUT2D eigenvalue weighted by atomic mass is 10.0. The van der Waals surface area contributed by atoms with Gasteiger partial charge in [0.15, 0.2) is 6.10 Å². The Bertz CT molecular complexity index is 588. The summed E-state index contributed by atoms with van der Waals surface area (Å²) in [6, 6.07) is 17.3. The summed E-state index contributed by atoms with van der Waals surface area (Å²) in [6.07, 6.45) is -0.957. The van der Waals surface area contributed by atoms with Gasteiger partial charge in [-0.2, -0.15) is 0 Å². The molecule has 22 heavy (non-hydrogen) atoms. The zero-order chi connectivity index (χ0) is 15.9. The van der Waals surface area contributed by atoms with Crippen LogP contribution >= 0.6 is 0 Å². The number of hydrogen-bond donors (Lipinski definition) is 2. The first-order chi connectivity index (χ1) is 10.6. The second-order valence-corrected chi connectivity index (χ2v) is 4.84. The van der Waals surface area contributed by atoms with E-state index in [4.69, 9.17) is 15.6 Å². The smallest absolute Gasteiger partial charge is 0.321 e. The lowest BCUT2D eigenvalue weighted by molar-refractivity contribution is -0.151. The average molecular weight is 299 g/mol.